The Balaban J connectivity index is 1.43. The molecule has 2 heterocycles. The SMILES string of the molecule is COc1cc(/C=c2/sc3nc(-c4ccccc4)nn3c2=O)ccc1OCc1ccccc1. The summed E-state index contributed by atoms with van der Waals surface area (Å²) in [7, 11) is 1.60. The maximum Gasteiger partial charge on any atom is 0.291 e. The van der Waals surface area contributed by atoms with Gasteiger partial charge in [-0.25, -0.2) is 0 Å². The van der Waals surface area contributed by atoms with E-state index in [4.69, 9.17) is 9.47 Å². The van der Waals surface area contributed by atoms with Crippen molar-refractivity contribution in [3.05, 3.63) is 105 Å². The van der Waals surface area contributed by atoms with Gasteiger partial charge in [-0.3, -0.25) is 4.79 Å². The molecular formula is C25H19N3O3S. The second-order valence-electron chi connectivity index (χ2n) is 7.10. The zero-order valence-electron chi connectivity index (χ0n) is 17.3. The number of aromatic nitrogens is 3. The molecule has 0 aliphatic heterocycles. The van der Waals surface area contributed by atoms with Gasteiger partial charge in [-0.2, -0.15) is 9.50 Å². The molecular weight excluding hydrogens is 422 g/mol. The first-order chi connectivity index (χ1) is 15.7. The molecule has 6 nitrogen and oxygen atoms in total. The van der Waals surface area contributed by atoms with Crippen LogP contribution >= 0.6 is 11.3 Å². The van der Waals surface area contributed by atoms with Crippen molar-refractivity contribution >= 4 is 22.4 Å². The average Bonchev–Trinajstić information content (AvgIpc) is 3.38. The summed E-state index contributed by atoms with van der Waals surface area (Å²) in [6.07, 6.45) is 1.81. The molecule has 0 aliphatic rings. The molecule has 5 rings (SSSR count). The van der Waals surface area contributed by atoms with Crippen LogP contribution in [0.25, 0.3) is 22.4 Å². The molecule has 0 amide bonds. The van der Waals surface area contributed by atoms with E-state index >= 15 is 0 Å². The topological polar surface area (TPSA) is 65.7 Å². The number of fused-ring (bicyclic) bond motifs is 1. The van der Waals surface area contributed by atoms with Gasteiger partial charge in [0.05, 0.1) is 11.6 Å². The molecule has 0 aliphatic carbocycles. The zero-order valence-corrected chi connectivity index (χ0v) is 18.1. The molecule has 0 atom stereocenters. The fraction of sp³-hybridized carbons (Fsp3) is 0.0800. The smallest absolute Gasteiger partial charge is 0.291 e. The van der Waals surface area contributed by atoms with E-state index in [1.54, 1.807) is 7.11 Å². The molecule has 7 heteroatoms. The van der Waals surface area contributed by atoms with Crippen LogP contribution < -0.4 is 19.6 Å². The van der Waals surface area contributed by atoms with Crippen LogP contribution in [0.15, 0.2) is 83.7 Å². The predicted octanol–water partition coefficient (Wildman–Crippen LogP) is 3.95. The third-order valence-electron chi connectivity index (χ3n) is 4.94. The van der Waals surface area contributed by atoms with Crippen LogP contribution in [0.3, 0.4) is 0 Å². The van der Waals surface area contributed by atoms with E-state index in [1.807, 2.05) is 84.9 Å². The summed E-state index contributed by atoms with van der Waals surface area (Å²) < 4.78 is 13.3. The van der Waals surface area contributed by atoms with Gasteiger partial charge in [-0.15, -0.1) is 5.10 Å². The highest BCUT2D eigenvalue weighted by Gasteiger charge is 2.12. The van der Waals surface area contributed by atoms with E-state index in [2.05, 4.69) is 10.1 Å². The molecule has 3 aromatic carbocycles. The number of hydrogen-bond donors (Lipinski definition) is 0. The van der Waals surface area contributed by atoms with Gasteiger partial charge in [0.2, 0.25) is 4.96 Å². The minimum Gasteiger partial charge on any atom is -0.493 e. The third kappa shape index (κ3) is 3.98. The van der Waals surface area contributed by atoms with Crippen LogP contribution in [0, 0.1) is 0 Å². The first kappa shape index (κ1) is 20.0. The number of rotatable bonds is 6. The number of hydrogen-bond acceptors (Lipinski definition) is 6. The summed E-state index contributed by atoms with van der Waals surface area (Å²) in [4.78, 5) is 17.9. The van der Waals surface area contributed by atoms with E-state index in [9.17, 15) is 4.79 Å². The summed E-state index contributed by atoms with van der Waals surface area (Å²) in [6.45, 7) is 0.447. The van der Waals surface area contributed by atoms with Crippen molar-refractivity contribution in [2.24, 2.45) is 0 Å². The van der Waals surface area contributed by atoms with Gasteiger partial charge in [0.25, 0.3) is 5.56 Å². The Hall–Kier alpha value is -3.97. The lowest BCUT2D eigenvalue weighted by Crippen LogP contribution is -2.23. The molecule has 2 aromatic heterocycles. The maximum atomic E-state index is 12.8. The van der Waals surface area contributed by atoms with Crippen LogP contribution in [0.1, 0.15) is 11.1 Å². The molecule has 0 saturated carbocycles. The highest BCUT2D eigenvalue weighted by Crippen LogP contribution is 2.29. The fourth-order valence-corrected chi connectivity index (χ4v) is 4.23. The highest BCUT2D eigenvalue weighted by atomic mass is 32.1. The molecule has 5 aromatic rings. The van der Waals surface area contributed by atoms with Gasteiger partial charge in [0.1, 0.15) is 6.61 Å². The van der Waals surface area contributed by atoms with Crippen molar-refractivity contribution in [3.8, 4) is 22.9 Å². The molecule has 0 saturated heterocycles. The van der Waals surface area contributed by atoms with Gasteiger partial charge in [0.15, 0.2) is 17.3 Å². The van der Waals surface area contributed by atoms with Crippen LogP contribution in [-0.4, -0.2) is 21.7 Å². The quantitative estimate of drug-likeness (QED) is 0.399. The van der Waals surface area contributed by atoms with Crippen LogP contribution in [0.4, 0.5) is 0 Å². The largest absolute Gasteiger partial charge is 0.493 e. The molecule has 0 bridgehead atoms. The lowest BCUT2D eigenvalue weighted by atomic mass is 10.2. The molecule has 158 valence electrons. The standard InChI is InChI=1S/C25H19N3O3S/c1-30-21-14-18(12-13-20(21)31-16-17-8-4-2-5-9-17)15-22-24(29)28-25(32-22)26-23(27-28)19-10-6-3-7-11-19/h2-15H,16H2,1H3/b22-15+. The Labute approximate surface area is 188 Å². The van der Waals surface area contributed by atoms with Gasteiger partial charge in [-0.1, -0.05) is 78.1 Å². The number of nitrogens with zero attached hydrogens (tertiary/aromatic N) is 3. The molecule has 0 fully saturated rings. The number of thiazole rings is 1. The second kappa shape index (κ2) is 8.64. The van der Waals surface area contributed by atoms with Crippen LogP contribution in [0.2, 0.25) is 0 Å². The van der Waals surface area contributed by atoms with E-state index in [0.29, 0.717) is 33.4 Å². The Morgan fingerprint density at radius 3 is 2.44 bits per heavy atom. The van der Waals surface area contributed by atoms with Crippen molar-refractivity contribution in [1.82, 2.24) is 14.6 Å². The molecule has 32 heavy (non-hydrogen) atoms. The summed E-state index contributed by atoms with van der Waals surface area (Å²) in [6, 6.07) is 25.2. The third-order valence-corrected chi connectivity index (χ3v) is 5.90. The van der Waals surface area contributed by atoms with Crippen molar-refractivity contribution in [1.29, 1.82) is 0 Å². The predicted molar refractivity (Wildman–Crippen MR) is 125 cm³/mol. The number of methoxy groups -OCH3 is 1. The van der Waals surface area contributed by atoms with Crippen LogP contribution in [0.5, 0.6) is 11.5 Å². The van der Waals surface area contributed by atoms with E-state index in [1.165, 1.54) is 15.9 Å². The van der Waals surface area contributed by atoms with Gasteiger partial charge < -0.3 is 9.47 Å². The van der Waals surface area contributed by atoms with Crippen molar-refractivity contribution in [3.63, 3.8) is 0 Å². The number of ether oxygens (including phenoxy) is 2. The van der Waals surface area contributed by atoms with Crippen LogP contribution in [-0.2, 0) is 6.61 Å². The second-order valence-corrected chi connectivity index (χ2v) is 8.11. The lowest BCUT2D eigenvalue weighted by molar-refractivity contribution is 0.284. The molecule has 0 unspecified atom stereocenters. The van der Waals surface area contributed by atoms with Crippen molar-refractivity contribution < 1.29 is 9.47 Å². The molecule has 0 N–H and O–H groups in total. The average molecular weight is 442 g/mol. The minimum absolute atomic E-state index is 0.192. The number of benzene rings is 3. The van der Waals surface area contributed by atoms with Gasteiger partial charge >= 0.3 is 0 Å². The molecule has 0 spiro atoms. The fourth-order valence-electron chi connectivity index (χ4n) is 3.32. The Morgan fingerprint density at radius 1 is 0.969 bits per heavy atom. The first-order valence-electron chi connectivity index (χ1n) is 10.0. The summed E-state index contributed by atoms with van der Waals surface area (Å²) in [5.74, 6) is 1.79. The normalized spacial score (nSPS) is 11.7. The summed E-state index contributed by atoms with van der Waals surface area (Å²) >= 11 is 1.31. The summed E-state index contributed by atoms with van der Waals surface area (Å²) in [5.41, 5.74) is 2.59. The molecule has 0 radical (unpaired) electrons. The maximum absolute atomic E-state index is 12.8. The van der Waals surface area contributed by atoms with Gasteiger partial charge in [0, 0.05) is 5.56 Å². The van der Waals surface area contributed by atoms with Crippen molar-refractivity contribution in [2.45, 2.75) is 6.61 Å². The monoisotopic (exact) mass is 441 g/mol. The van der Waals surface area contributed by atoms with E-state index < -0.39 is 0 Å². The van der Waals surface area contributed by atoms with E-state index in [0.717, 1.165) is 16.7 Å². The first-order valence-corrected chi connectivity index (χ1v) is 10.8. The minimum atomic E-state index is -0.192. The Kier molecular flexibility index (Phi) is 5.39. The van der Waals surface area contributed by atoms with E-state index in [-0.39, 0.29) is 5.56 Å². The Morgan fingerprint density at radius 2 is 1.72 bits per heavy atom. The zero-order chi connectivity index (χ0) is 21.9. The summed E-state index contributed by atoms with van der Waals surface area (Å²) in [5, 5.41) is 4.38. The highest BCUT2D eigenvalue weighted by molar-refractivity contribution is 7.15. The van der Waals surface area contributed by atoms with Crippen molar-refractivity contribution in [2.75, 3.05) is 7.11 Å². The van der Waals surface area contributed by atoms with Gasteiger partial charge in [-0.05, 0) is 29.3 Å². The Bertz CT molecular complexity index is 1480. The lowest BCUT2D eigenvalue weighted by Gasteiger charge is -2.11.